The van der Waals surface area contributed by atoms with Gasteiger partial charge in [-0.15, -0.1) is 0 Å². The molecule has 4 aromatic rings. The number of likely N-dealkylation sites (tertiary alicyclic amines) is 1. The molecule has 6 heteroatoms. The zero-order valence-electron chi connectivity index (χ0n) is 18.0. The van der Waals surface area contributed by atoms with Crippen molar-refractivity contribution >= 4 is 22.4 Å². The van der Waals surface area contributed by atoms with Crippen molar-refractivity contribution in [2.75, 3.05) is 20.2 Å². The summed E-state index contributed by atoms with van der Waals surface area (Å²) >= 11 is 6.01. The lowest BCUT2D eigenvalue weighted by atomic mass is 9.84. The van der Waals surface area contributed by atoms with E-state index in [0.717, 1.165) is 58.5 Å². The molecule has 2 heterocycles. The number of hydrogen-bond acceptors (Lipinski definition) is 4. The average Bonchev–Trinajstić information content (AvgIpc) is 3.28. The maximum Gasteiger partial charge on any atom is 0.119 e. The van der Waals surface area contributed by atoms with Crippen LogP contribution < -0.4 is 4.74 Å². The minimum Gasteiger partial charge on any atom is -0.497 e. The first-order valence-electron chi connectivity index (χ1n) is 10.9. The Morgan fingerprint density at radius 3 is 2.50 bits per heavy atom. The van der Waals surface area contributed by atoms with Crippen LogP contribution in [0.5, 0.6) is 5.75 Å². The molecule has 164 valence electrons. The summed E-state index contributed by atoms with van der Waals surface area (Å²) in [6, 6.07) is 20.1. The molecule has 5 rings (SSSR count). The van der Waals surface area contributed by atoms with Gasteiger partial charge in [0.2, 0.25) is 0 Å². The number of nitrogens with zero attached hydrogens (tertiary/aromatic N) is 2. The van der Waals surface area contributed by atoms with Crippen LogP contribution in [-0.2, 0) is 12.1 Å². The number of piperidine rings is 1. The molecular weight excluding hydrogens is 422 g/mol. The van der Waals surface area contributed by atoms with Crippen LogP contribution in [0.3, 0.4) is 0 Å². The smallest absolute Gasteiger partial charge is 0.119 e. The minimum atomic E-state index is -0.792. The number of aromatic nitrogens is 2. The van der Waals surface area contributed by atoms with Gasteiger partial charge in [0.05, 0.1) is 24.6 Å². The van der Waals surface area contributed by atoms with Gasteiger partial charge in [-0.2, -0.15) is 5.10 Å². The van der Waals surface area contributed by atoms with Crippen molar-refractivity contribution in [3.8, 4) is 17.0 Å². The predicted octanol–water partition coefficient (Wildman–Crippen LogP) is 5.38. The van der Waals surface area contributed by atoms with Crippen molar-refractivity contribution < 1.29 is 9.84 Å². The van der Waals surface area contributed by atoms with E-state index in [1.807, 2.05) is 42.6 Å². The van der Waals surface area contributed by atoms with Gasteiger partial charge in [-0.25, -0.2) is 0 Å². The van der Waals surface area contributed by atoms with E-state index in [9.17, 15) is 5.11 Å². The molecule has 0 amide bonds. The third-order valence-electron chi connectivity index (χ3n) is 6.51. The Kier molecular flexibility index (Phi) is 5.64. The molecule has 0 spiro atoms. The molecular formula is C26H26ClN3O2. The summed E-state index contributed by atoms with van der Waals surface area (Å²) in [7, 11) is 1.68. The maximum absolute atomic E-state index is 11.2. The highest BCUT2D eigenvalue weighted by Crippen LogP contribution is 2.35. The summed E-state index contributed by atoms with van der Waals surface area (Å²) in [5.74, 6) is 0.858. The number of H-pyrrole nitrogens is 1. The van der Waals surface area contributed by atoms with Gasteiger partial charge in [-0.05, 0) is 59.5 Å². The SMILES string of the molecule is COc1ccc2cc(-c3[nH]ncc3CN3CCC(O)(c4ccc(Cl)cc4)CC3)ccc2c1. The monoisotopic (exact) mass is 447 g/mol. The summed E-state index contributed by atoms with van der Waals surface area (Å²) < 4.78 is 5.33. The fraction of sp³-hybridized carbons (Fsp3) is 0.269. The van der Waals surface area contributed by atoms with Gasteiger partial charge in [0, 0.05) is 35.8 Å². The van der Waals surface area contributed by atoms with E-state index in [2.05, 4.69) is 39.4 Å². The Morgan fingerprint density at radius 1 is 1.03 bits per heavy atom. The summed E-state index contributed by atoms with van der Waals surface area (Å²) in [6.45, 7) is 2.44. The number of nitrogens with one attached hydrogen (secondary N) is 1. The first kappa shape index (κ1) is 21.0. The van der Waals surface area contributed by atoms with Crippen LogP contribution in [0.2, 0.25) is 5.02 Å². The van der Waals surface area contributed by atoms with Crippen LogP contribution in [0.1, 0.15) is 24.0 Å². The summed E-state index contributed by atoms with van der Waals surface area (Å²) in [4.78, 5) is 2.38. The molecule has 0 atom stereocenters. The molecule has 0 aliphatic carbocycles. The number of aromatic amines is 1. The second kappa shape index (κ2) is 8.58. The molecule has 0 saturated carbocycles. The third-order valence-corrected chi connectivity index (χ3v) is 6.76. The molecule has 32 heavy (non-hydrogen) atoms. The fourth-order valence-electron chi connectivity index (χ4n) is 4.56. The lowest BCUT2D eigenvalue weighted by molar-refractivity contribution is -0.0277. The van der Waals surface area contributed by atoms with Crippen molar-refractivity contribution in [3.05, 3.63) is 83.0 Å². The van der Waals surface area contributed by atoms with Crippen molar-refractivity contribution in [1.82, 2.24) is 15.1 Å². The summed E-state index contributed by atoms with van der Waals surface area (Å²) in [5.41, 5.74) is 3.47. The molecule has 3 aromatic carbocycles. The molecule has 1 aliphatic heterocycles. The molecule has 1 aromatic heterocycles. The molecule has 0 radical (unpaired) electrons. The lowest BCUT2D eigenvalue weighted by Gasteiger charge is -2.38. The van der Waals surface area contributed by atoms with Crippen LogP contribution in [0.4, 0.5) is 0 Å². The topological polar surface area (TPSA) is 61.4 Å². The molecule has 1 fully saturated rings. The van der Waals surface area contributed by atoms with Crippen LogP contribution in [-0.4, -0.2) is 40.4 Å². The zero-order chi connectivity index (χ0) is 22.1. The number of fused-ring (bicyclic) bond motifs is 1. The van der Waals surface area contributed by atoms with Gasteiger partial charge in [0.25, 0.3) is 0 Å². The van der Waals surface area contributed by atoms with Crippen LogP contribution in [0.15, 0.2) is 66.9 Å². The molecule has 1 aliphatic rings. The van der Waals surface area contributed by atoms with Crippen LogP contribution in [0.25, 0.3) is 22.0 Å². The maximum atomic E-state index is 11.2. The molecule has 5 nitrogen and oxygen atoms in total. The van der Waals surface area contributed by atoms with Crippen molar-refractivity contribution in [3.63, 3.8) is 0 Å². The van der Waals surface area contributed by atoms with E-state index >= 15 is 0 Å². The van der Waals surface area contributed by atoms with E-state index in [0.29, 0.717) is 17.9 Å². The summed E-state index contributed by atoms with van der Waals surface area (Å²) in [6.07, 6.45) is 3.30. The molecule has 2 N–H and O–H groups in total. The number of ether oxygens (including phenoxy) is 1. The molecule has 0 bridgehead atoms. The number of rotatable bonds is 5. The number of methoxy groups -OCH3 is 1. The molecule has 1 saturated heterocycles. The van der Waals surface area contributed by atoms with E-state index in [1.54, 1.807) is 7.11 Å². The highest BCUT2D eigenvalue weighted by atomic mass is 35.5. The largest absolute Gasteiger partial charge is 0.497 e. The Bertz CT molecular complexity index is 1230. The lowest BCUT2D eigenvalue weighted by Crippen LogP contribution is -2.42. The Balaban J connectivity index is 1.31. The number of hydrogen-bond donors (Lipinski definition) is 2. The second-order valence-electron chi connectivity index (χ2n) is 8.51. The van der Waals surface area contributed by atoms with E-state index in [4.69, 9.17) is 16.3 Å². The van der Waals surface area contributed by atoms with Crippen molar-refractivity contribution in [2.24, 2.45) is 0 Å². The number of halogens is 1. The van der Waals surface area contributed by atoms with Crippen LogP contribution in [0, 0.1) is 0 Å². The van der Waals surface area contributed by atoms with Gasteiger partial charge in [0.1, 0.15) is 5.75 Å². The van der Waals surface area contributed by atoms with Gasteiger partial charge in [-0.3, -0.25) is 10.00 Å². The highest BCUT2D eigenvalue weighted by molar-refractivity contribution is 6.30. The Morgan fingerprint density at radius 2 is 1.75 bits per heavy atom. The van der Waals surface area contributed by atoms with Crippen molar-refractivity contribution in [2.45, 2.75) is 25.0 Å². The summed E-state index contributed by atoms with van der Waals surface area (Å²) in [5, 5.41) is 21.7. The normalized spacial score (nSPS) is 16.3. The minimum absolute atomic E-state index is 0.690. The van der Waals surface area contributed by atoms with Gasteiger partial charge < -0.3 is 9.84 Å². The first-order valence-corrected chi connectivity index (χ1v) is 11.2. The van der Waals surface area contributed by atoms with Gasteiger partial charge in [0.15, 0.2) is 0 Å². The Labute approximate surface area is 192 Å². The first-order chi connectivity index (χ1) is 15.5. The van der Waals surface area contributed by atoms with Gasteiger partial charge in [-0.1, -0.05) is 41.9 Å². The van der Waals surface area contributed by atoms with E-state index in [-0.39, 0.29) is 0 Å². The van der Waals surface area contributed by atoms with Crippen molar-refractivity contribution in [1.29, 1.82) is 0 Å². The quantitative estimate of drug-likeness (QED) is 0.431. The van der Waals surface area contributed by atoms with Gasteiger partial charge >= 0.3 is 0 Å². The standard InChI is InChI=1S/C26H26ClN3O2/c1-32-24-9-4-18-14-20(3-2-19(18)15-24)25-21(16-28-29-25)17-30-12-10-26(31,11-13-30)22-5-7-23(27)8-6-22/h2-9,14-16,31H,10-13,17H2,1H3,(H,28,29). The fourth-order valence-corrected chi connectivity index (χ4v) is 4.68. The molecule has 0 unspecified atom stereocenters. The number of aliphatic hydroxyl groups is 1. The van der Waals surface area contributed by atoms with E-state index in [1.165, 1.54) is 0 Å². The average molecular weight is 448 g/mol. The van der Waals surface area contributed by atoms with E-state index < -0.39 is 5.60 Å². The number of benzene rings is 3. The second-order valence-corrected chi connectivity index (χ2v) is 8.95. The highest BCUT2D eigenvalue weighted by Gasteiger charge is 2.34. The zero-order valence-corrected chi connectivity index (χ0v) is 18.8. The third kappa shape index (κ3) is 4.11. The van der Waals surface area contributed by atoms with Crippen LogP contribution >= 0.6 is 11.6 Å². The Hall–Kier alpha value is -2.86. The predicted molar refractivity (Wildman–Crippen MR) is 128 cm³/mol.